The third-order valence-electron chi connectivity index (χ3n) is 7.68. The third-order valence-corrected chi connectivity index (χ3v) is 9.66. The minimum absolute atomic E-state index is 0.0981. The van der Waals surface area contributed by atoms with Crippen LogP contribution in [-0.2, 0) is 25.1 Å². The average Bonchev–Trinajstić information content (AvgIpc) is 3.29. The summed E-state index contributed by atoms with van der Waals surface area (Å²) in [5.41, 5.74) is 5.17. The van der Waals surface area contributed by atoms with Gasteiger partial charge in [-0.3, -0.25) is 23.7 Å². The number of nitrogens with zero attached hydrogens (tertiary/aromatic N) is 1. The first-order valence-corrected chi connectivity index (χ1v) is 16.6. The van der Waals surface area contributed by atoms with Gasteiger partial charge < -0.3 is 26.2 Å². The summed E-state index contributed by atoms with van der Waals surface area (Å²) in [5, 5.41) is 4.78. The summed E-state index contributed by atoms with van der Waals surface area (Å²) in [7, 11) is -4.66. The molecule has 5 atom stereocenters. The Labute approximate surface area is 269 Å². The van der Waals surface area contributed by atoms with Crippen LogP contribution in [0.15, 0.2) is 91.0 Å². The van der Waals surface area contributed by atoms with Gasteiger partial charge in [-0.15, -0.1) is 0 Å². The van der Waals surface area contributed by atoms with Crippen LogP contribution in [0.2, 0.25) is 0 Å². The monoisotopic (exact) mass is 670 g/mol. The van der Waals surface area contributed by atoms with Gasteiger partial charge in [0, 0.05) is 11.6 Å². The molecule has 0 saturated carbocycles. The molecule has 3 aromatic rings. The zero-order valence-electron chi connectivity index (χ0n) is 25.3. The smallest absolute Gasteiger partial charge is 0.368 e. The van der Waals surface area contributed by atoms with Crippen molar-refractivity contribution in [2.75, 3.05) is 6.16 Å². The van der Waals surface area contributed by atoms with Gasteiger partial charge in [0.05, 0.1) is 5.56 Å². The molecule has 1 saturated heterocycles. The highest BCUT2D eigenvalue weighted by Crippen LogP contribution is 2.54. The SMILES string of the molecule is CC1C[C@H](NC(=O)CP(=O)(O)C(NC(=O)c2cccc(C(F)(F)F)c2)c2ccccc2)C(=O)N1[C@@H](C/C=C/c1ccccc1)C(N)=O. The highest BCUT2D eigenvalue weighted by molar-refractivity contribution is 7.59. The van der Waals surface area contributed by atoms with E-state index >= 15 is 0 Å². The molecule has 0 spiro atoms. The second-order valence-electron chi connectivity index (χ2n) is 11.2. The second kappa shape index (κ2) is 14.8. The van der Waals surface area contributed by atoms with E-state index in [4.69, 9.17) is 5.73 Å². The van der Waals surface area contributed by atoms with Gasteiger partial charge in [-0.1, -0.05) is 78.9 Å². The van der Waals surface area contributed by atoms with E-state index in [1.54, 1.807) is 25.1 Å². The van der Waals surface area contributed by atoms with Crippen molar-refractivity contribution in [2.24, 2.45) is 5.73 Å². The molecule has 0 aromatic heterocycles. The fourth-order valence-electron chi connectivity index (χ4n) is 5.43. The van der Waals surface area contributed by atoms with Crippen LogP contribution < -0.4 is 16.4 Å². The molecule has 1 fully saturated rings. The summed E-state index contributed by atoms with van der Waals surface area (Å²) in [6, 6.07) is 17.7. The number of alkyl halides is 3. The maximum Gasteiger partial charge on any atom is 0.416 e. The molecule has 10 nitrogen and oxygen atoms in total. The number of carbonyl (C=O) groups excluding carboxylic acids is 4. The number of halogens is 3. The molecular weight excluding hydrogens is 636 g/mol. The van der Waals surface area contributed by atoms with E-state index in [1.165, 1.54) is 29.2 Å². The van der Waals surface area contributed by atoms with Crippen LogP contribution in [0, 0.1) is 0 Å². The number of nitrogens with one attached hydrogen (secondary N) is 2. The van der Waals surface area contributed by atoms with E-state index < -0.39 is 78.4 Å². The van der Waals surface area contributed by atoms with E-state index in [2.05, 4.69) is 10.6 Å². The normalized spacial score (nSPS) is 19.2. The largest absolute Gasteiger partial charge is 0.416 e. The van der Waals surface area contributed by atoms with Crippen LogP contribution in [0.1, 0.15) is 52.6 Å². The molecule has 1 aliphatic heterocycles. The maximum absolute atomic E-state index is 13.7. The number of carbonyl (C=O) groups is 4. The standard InChI is InChI=1S/C33H34F3N4O6P/c1-21-18-26(32(44)40(21)27(29(37)42)17-8-12-22-10-4-2-5-11-22)38-28(41)20-47(45,46)31(23-13-6-3-7-14-23)39-30(43)24-15-9-16-25(19-24)33(34,35)36/h2-16,19,21,26-27,31H,17-18,20H2,1H3,(H2,37,42)(H,38,41)(H,39,43)(H,45,46)/b12-8+/t21?,26-,27-,31?/m0/s1. The Morgan fingerprint density at radius 3 is 2.30 bits per heavy atom. The number of rotatable bonds is 12. The van der Waals surface area contributed by atoms with E-state index in [0.29, 0.717) is 6.07 Å². The summed E-state index contributed by atoms with van der Waals surface area (Å²) < 4.78 is 53.3. The molecule has 4 amide bonds. The van der Waals surface area contributed by atoms with Crippen molar-refractivity contribution < 1.29 is 41.8 Å². The molecule has 0 aliphatic carbocycles. The van der Waals surface area contributed by atoms with Crippen molar-refractivity contribution in [1.29, 1.82) is 0 Å². The first kappa shape index (κ1) is 35.1. The van der Waals surface area contributed by atoms with E-state index in [-0.39, 0.29) is 18.4 Å². The molecule has 0 bridgehead atoms. The number of likely N-dealkylation sites (tertiary alicyclic amines) is 1. The Balaban J connectivity index is 1.47. The zero-order chi connectivity index (χ0) is 34.4. The van der Waals surface area contributed by atoms with Gasteiger partial charge in [0.2, 0.25) is 25.1 Å². The van der Waals surface area contributed by atoms with Crippen LogP contribution in [0.5, 0.6) is 0 Å². The van der Waals surface area contributed by atoms with Crippen LogP contribution in [-0.4, -0.2) is 57.7 Å². The fourth-order valence-corrected chi connectivity index (χ4v) is 7.07. The Hall–Kier alpha value is -4.74. The molecule has 1 aliphatic rings. The van der Waals surface area contributed by atoms with Crippen molar-refractivity contribution >= 4 is 37.1 Å². The van der Waals surface area contributed by atoms with Gasteiger partial charge in [-0.25, -0.2) is 0 Å². The van der Waals surface area contributed by atoms with Crippen LogP contribution in [0.4, 0.5) is 13.2 Å². The molecule has 5 N–H and O–H groups in total. The number of hydrogen-bond acceptors (Lipinski definition) is 5. The number of amides is 4. The highest BCUT2D eigenvalue weighted by atomic mass is 31.2. The Morgan fingerprint density at radius 2 is 1.68 bits per heavy atom. The number of primary amides is 1. The number of hydrogen-bond donors (Lipinski definition) is 4. The summed E-state index contributed by atoms with van der Waals surface area (Å²) in [6.07, 6.45) is -2.02. The average molecular weight is 671 g/mol. The van der Waals surface area contributed by atoms with E-state index in [0.717, 1.165) is 23.8 Å². The molecule has 1 heterocycles. The molecule has 4 rings (SSSR count). The number of nitrogens with two attached hydrogens (primary N) is 1. The predicted octanol–water partition coefficient (Wildman–Crippen LogP) is 4.47. The lowest BCUT2D eigenvalue weighted by molar-refractivity contribution is -0.139. The summed E-state index contributed by atoms with van der Waals surface area (Å²) >= 11 is 0. The van der Waals surface area contributed by atoms with E-state index in [9.17, 15) is 41.8 Å². The first-order chi connectivity index (χ1) is 22.2. The Bertz CT molecular complexity index is 1690. The molecule has 3 unspecified atom stereocenters. The maximum atomic E-state index is 13.7. The first-order valence-electron chi connectivity index (χ1n) is 14.6. The lowest BCUT2D eigenvalue weighted by atomic mass is 10.1. The molecule has 14 heteroatoms. The third kappa shape index (κ3) is 8.96. The molecule has 3 aromatic carbocycles. The second-order valence-corrected chi connectivity index (χ2v) is 13.5. The quantitative estimate of drug-likeness (QED) is 0.208. The Kier molecular flexibility index (Phi) is 11.0. The minimum Gasteiger partial charge on any atom is -0.368 e. The van der Waals surface area contributed by atoms with Gasteiger partial charge in [0.15, 0.2) is 0 Å². The van der Waals surface area contributed by atoms with Crippen molar-refractivity contribution in [3.05, 3.63) is 113 Å². The summed E-state index contributed by atoms with van der Waals surface area (Å²) in [6.45, 7) is 1.69. The predicted molar refractivity (Wildman–Crippen MR) is 169 cm³/mol. The van der Waals surface area contributed by atoms with Gasteiger partial charge >= 0.3 is 6.18 Å². The molecule has 248 valence electrons. The lowest BCUT2D eigenvalue weighted by Gasteiger charge is -2.28. The topological polar surface area (TPSA) is 159 Å². The van der Waals surface area contributed by atoms with Gasteiger partial charge in [-0.2, -0.15) is 13.2 Å². The molecule has 0 radical (unpaired) electrons. The van der Waals surface area contributed by atoms with Gasteiger partial charge in [-0.05, 0) is 49.1 Å². The summed E-state index contributed by atoms with van der Waals surface area (Å²) in [5.74, 6) is -5.03. The van der Waals surface area contributed by atoms with Gasteiger partial charge in [0.25, 0.3) is 5.91 Å². The summed E-state index contributed by atoms with van der Waals surface area (Å²) in [4.78, 5) is 64.2. The van der Waals surface area contributed by atoms with Crippen LogP contribution in [0.25, 0.3) is 6.08 Å². The molecule has 47 heavy (non-hydrogen) atoms. The fraction of sp³-hybridized carbons (Fsp3) is 0.273. The highest BCUT2D eigenvalue weighted by Gasteiger charge is 2.44. The lowest BCUT2D eigenvalue weighted by Crippen LogP contribution is -2.51. The van der Waals surface area contributed by atoms with Crippen molar-refractivity contribution in [3.8, 4) is 0 Å². The van der Waals surface area contributed by atoms with E-state index in [1.807, 2.05) is 30.3 Å². The van der Waals surface area contributed by atoms with Crippen molar-refractivity contribution in [3.63, 3.8) is 0 Å². The van der Waals surface area contributed by atoms with Crippen LogP contribution >= 0.6 is 7.37 Å². The van der Waals surface area contributed by atoms with Gasteiger partial charge in [0.1, 0.15) is 24.0 Å². The molecular formula is C33H34F3N4O6P. The minimum atomic E-state index is -4.72. The van der Waals surface area contributed by atoms with Crippen molar-refractivity contribution in [1.82, 2.24) is 15.5 Å². The van der Waals surface area contributed by atoms with Crippen LogP contribution in [0.3, 0.4) is 0 Å². The van der Waals surface area contributed by atoms with Crippen molar-refractivity contribution in [2.45, 2.75) is 49.9 Å². The number of benzene rings is 3. The Morgan fingerprint density at radius 1 is 1.04 bits per heavy atom. The zero-order valence-corrected chi connectivity index (χ0v) is 26.2.